The van der Waals surface area contributed by atoms with Crippen molar-refractivity contribution in [1.82, 2.24) is 0 Å². The van der Waals surface area contributed by atoms with Gasteiger partial charge >= 0.3 is 0 Å². The van der Waals surface area contributed by atoms with Gasteiger partial charge in [-0.15, -0.1) is 0 Å². The van der Waals surface area contributed by atoms with Gasteiger partial charge in [-0.25, -0.2) is 16.8 Å². The van der Waals surface area contributed by atoms with E-state index < -0.39 is 30.2 Å². The predicted octanol–water partition coefficient (Wildman–Crippen LogP) is 3.47. The standard InChI is InChI=1S/C22H22O4S3/c23-28(24,15-7-3-1-4-8-15)21-17-11-12-18(20-14-27-13-19(17)20)22(21)29(25,26)16-9-5-2-6-10-16/h1-12,17-22H,13-14H2/t17-,18+,19+,20-,21-,22+. The van der Waals surface area contributed by atoms with Crippen LogP contribution in [0.1, 0.15) is 0 Å². The van der Waals surface area contributed by atoms with Crippen LogP contribution in [0.25, 0.3) is 0 Å². The van der Waals surface area contributed by atoms with Gasteiger partial charge in [0.05, 0.1) is 20.3 Å². The smallest absolute Gasteiger partial charge is 0.183 e. The summed E-state index contributed by atoms with van der Waals surface area (Å²) in [5.41, 5.74) is 0. The van der Waals surface area contributed by atoms with Crippen LogP contribution in [0.3, 0.4) is 0 Å². The average Bonchev–Trinajstić information content (AvgIpc) is 3.26. The molecule has 152 valence electrons. The molecule has 2 fully saturated rings. The Morgan fingerprint density at radius 3 is 1.38 bits per heavy atom. The normalized spacial score (nSPS) is 33.5. The first-order valence-corrected chi connectivity index (χ1v) is 14.0. The molecule has 0 amide bonds. The van der Waals surface area contributed by atoms with Crippen LogP contribution in [-0.2, 0) is 19.7 Å². The first-order chi connectivity index (χ1) is 13.9. The molecule has 1 heterocycles. The van der Waals surface area contributed by atoms with Crippen molar-refractivity contribution in [2.75, 3.05) is 11.5 Å². The van der Waals surface area contributed by atoms with Crippen molar-refractivity contribution in [3.63, 3.8) is 0 Å². The van der Waals surface area contributed by atoms with Gasteiger partial charge in [0.15, 0.2) is 19.7 Å². The van der Waals surface area contributed by atoms with E-state index in [2.05, 4.69) is 0 Å². The van der Waals surface area contributed by atoms with Gasteiger partial charge in [0, 0.05) is 0 Å². The molecular weight excluding hydrogens is 424 g/mol. The van der Waals surface area contributed by atoms with E-state index in [9.17, 15) is 16.8 Å². The Balaban J connectivity index is 1.70. The summed E-state index contributed by atoms with van der Waals surface area (Å²) < 4.78 is 55.0. The summed E-state index contributed by atoms with van der Waals surface area (Å²) in [5, 5.41) is -1.91. The molecule has 0 radical (unpaired) electrons. The van der Waals surface area contributed by atoms with E-state index >= 15 is 0 Å². The van der Waals surface area contributed by atoms with E-state index in [-0.39, 0.29) is 33.5 Å². The summed E-state index contributed by atoms with van der Waals surface area (Å²) in [6.45, 7) is 0. The van der Waals surface area contributed by atoms with Crippen molar-refractivity contribution in [3.05, 3.63) is 72.8 Å². The van der Waals surface area contributed by atoms with Gasteiger partial charge in [-0.1, -0.05) is 48.6 Å². The summed E-state index contributed by atoms with van der Waals surface area (Å²) in [4.78, 5) is 0.419. The third kappa shape index (κ3) is 2.93. The largest absolute Gasteiger partial charge is 0.223 e. The maximum Gasteiger partial charge on any atom is 0.183 e. The number of hydrogen-bond donors (Lipinski definition) is 0. The Kier molecular flexibility index (Phi) is 4.68. The number of fused-ring (bicyclic) bond motifs is 1. The first-order valence-electron chi connectivity index (χ1n) is 9.76. The molecule has 7 heteroatoms. The van der Waals surface area contributed by atoms with Crippen LogP contribution >= 0.6 is 11.8 Å². The number of rotatable bonds is 4. The van der Waals surface area contributed by atoms with Crippen molar-refractivity contribution in [2.24, 2.45) is 23.7 Å². The van der Waals surface area contributed by atoms with E-state index in [1.165, 1.54) is 0 Å². The van der Waals surface area contributed by atoms with Crippen molar-refractivity contribution < 1.29 is 16.8 Å². The van der Waals surface area contributed by atoms with Gasteiger partial charge in [-0.2, -0.15) is 11.8 Å². The molecule has 6 rings (SSSR count). The highest BCUT2D eigenvalue weighted by atomic mass is 32.2. The van der Waals surface area contributed by atoms with Crippen molar-refractivity contribution in [1.29, 1.82) is 0 Å². The Morgan fingerprint density at radius 1 is 0.621 bits per heavy atom. The molecule has 4 aliphatic rings. The molecule has 1 aliphatic heterocycles. The minimum atomic E-state index is -3.81. The molecule has 0 unspecified atom stereocenters. The monoisotopic (exact) mass is 446 g/mol. The van der Waals surface area contributed by atoms with Crippen molar-refractivity contribution in [3.8, 4) is 0 Å². The summed E-state index contributed by atoms with van der Waals surface area (Å²) in [6, 6.07) is 16.6. The van der Waals surface area contributed by atoms with E-state index in [4.69, 9.17) is 0 Å². The zero-order chi connectivity index (χ0) is 20.2. The molecule has 0 spiro atoms. The lowest BCUT2D eigenvalue weighted by molar-refractivity contribution is 0.174. The third-order valence-electron chi connectivity index (χ3n) is 6.66. The molecule has 29 heavy (non-hydrogen) atoms. The number of thioether (sulfide) groups is 1. The fraction of sp³-hybridized carbons (Fsp3) is 0.364. The molecule has 1 saturated heterocycles. The van der Waals surface area contributed by atoms with Crippen LogP contribution in [0.2, 0.25) is 0 Å². The number of hydrogen-bond acceptors (Lipinski definition) is 5. The second kappa shape index (κ2) is 7.00. The van der Waals surface area contributed by atoms with Crippen molar-refractivity contribution in [2.45, 2.75) is 20.3 Å². The van der Waals surface area contributed by atoms with Crippen LogP contribution < -0.4 is 0 Å². The van der Waals surface area contributed by atoms with Gasteiger partial charge in [0.1, 0.15) is 0 Å². The van der Waals surface area contributed by atoms with Crippen LogP contribution in [0.4, 0.5) is 0 Å². The maximum absolute atomic E-state index is 13.7. The van der Waals surface area contributed by atoms with Gasteiger partial charge < -0.3 is 0 Å². The lowest BCUT2D eigenvalue weighted by Gasteiger charge is -2.50. The second-order valence-electron chi connectivity index (χ2n) is 8.05. The second-order valence-corrected chi connectivity index (χ2v) is 13.3. The van der Waals surface area contributed by atoms with E-state index in [1.54, 1.807) is 60.7 Å². The third-order valence-corrected chi connectivity index (χ3v) is 12.6. The molecule has 6 atom stereocenters. The van der Waals surface area contributed by atoms with Gasteiger partial charge in [0.2, 0.25) is 0 Å². The Hall–Kier alpha value is -1.57. The zero-order valence-electron chi connectivity index (χ0n) is 15.7. The van der Waals surface area contributed by atoms with E-state index in [1.807, 2.05) is 23.9 Å². The highest BCUT2D eigenvalue weighted by Crippen LogP contribution is 2.55. The molecule has 4 nitrogen and oxygen atoms in total. The minimum absolute atomic E-state index is 0.210. The molecule has 2 bridgehead atoms. The van der Waals surface area contributed by atoms with Gasteiger partial charge in [-0.05, 0) is 59.4 Å². The van der Waals surface area contributed by atoms with E-state index in [0.717, 1.165) is 11.5 Å². The van der Waals surface area contributed by atoms with Crippen LogP contribution in [-0.4, -0.2) is 38.8 Å². The molecule has 0 N–H and O–H groups in total. The quantitative estimate of drug-likeness (QED) is 0.673. The van der Waals surface area contributed by atoms with Crippen LogP contribution in [0.15, 0.2) is 82.6 Å². The molecule has 2 aromatic carbocycles. The highest BCUT2D eigenvalue weighted by molar-refractivity contribution is 7.99. The fourth-order valence-corrected chi connectivity index (χ4v) is 12.0. The predicted molar refractivity (Wildman–Crippen MR) is 115 cm³/mol. The molecule has 2 aromatic rings. The summed E-state index contributed by atoms with van der Waals surface area (Å²) in [5.74, 6) is 1.70. The Labute approximate surface area is 176 Å². The average molecular weight is 447 g/mol. The van der Waals surface area contributed by atoms with Crippen molar-refractivity contribution >= 4 is 31.4 Å². The first kappa shape index (κ1) is 19.4. The maximum atomic E-state index is 13.7. The van der Waals surface area contributed by atoms with E-state index in [0.29, 0.717) is 0 Å². The Bertz CT molecular complexity index is 1050. The highest BCUT2D eigenvalue weighted by Gasteiger charge is 2.61. The zero-order valence-corrected chi connectivity index (χ0v) is 18.1. The van der Waals surface area contributed by atoms with Gasteiger partial charge in [-0.3, -0.25) is 0 Å². The topological polar surface area (TPSA) is 68.3 Å². The lowest BCUT2D eigenvalue weighted by Crippen LogP contribution is -2.59. The molecule has 1 saturated carbocycles. The Morgan fingerprint density at radius 2 is 1.00 bits per heavy atom. The molecular formula is C22H22O4S3. The number of benzene rings is 2. The summed E-state index contributed by atoms with van der Waals surface area (Å²) in [6.07, 6.45) is 3.97. The molecule has 3 aliphatic carbocycles. The number of allylic oxidation sites excluding steroid dienone is 2. The number of sulfone groups is 2. The summed E-state index contributed by atoms with van der Waals surface area (Å²) >= 11 is 1.81. The fourth-order valence-electron chi connectivity index (χ4n) is 5.37. The van der Waals surface area contributed by atoms with Crippen LogP contribution in [0, 0.1) is 23.7 Å². The SMILES string of the molecule is O=S(=O)(c1ccccc1)[C@@H]1[C@@H]2C=C[C@@H]([C@H]3CSC[C@@H]23)[C@@H]1S(=O)(=O)c1ccccc1. The lowest BCUT2D eigenvalue weighted by atomic mass is 9.63. The van der Waals surface area contributed by atoms with Gasteiger partial charge in [0.25, 0.3) is 0 Å². The van der Waals surface area contributed by atoms with Crippen LogP contribution in [0.5, 0.6) is 0 Å². The summed E-state index contributed by atoms with van der Waals surface area (Å²) in [7, 11) is -7.62. The molecule has 0 aromatic heterocycles. The minimum Gasteiger partial charge on any atom is -0.223 e.